The predicted octanol–water partition coefficient (Wildman–Crippen LogP) is 4.90. The summed E-state index contributed by atoms with van der Waals surface area (Å²) < 4.78 is 7.17. The minimum absolute atomic E-state index is 0.0139. The zero-order valence-electron chi connectivity index (χ0n) is 19.7. The van der Waals surface area contributed by atoms with Crippen molar-refractivity contribution < 1.29 is 9.53 Å². The number of pyridine rings is 1. The van der Waals surface area contributed by atoms with Gasteiger partial charge in [0, 0.05) is 24.1 Å². The normalized spacial score (nSPS) is 18.0. The molecule has 0 bridgehead atoms. The van der Waals surface area contributed by atoms with Gasteiger partial charge in [-0.2, -0.15) is 0 Å². The highest BCUT2D eigenvalue weighted by Crippen LogP contribution is 2.41. The van der Waals surface area contributed by atoms with E-state index in [0.29, 0.717) is 11.5 Å². The Morgan fingerprint density at radius 2 is 1.91 bits per heavy atom. The molecule has 4 rings (SSSR count). The summed E-state index contributed by atoms with van der Waals surface area (Å²) in [5, 5.41) is 4.26. The maximum absolute atomic E-state index is 12.5. The molecule has 7 heteroatoms. The van der Waals surface area contributed by atoms with E-state index < -0.39 is 0 Å². The number of nitrogens with zero attached hydrogens (tertiary/aromatic N) is 3. The van der Waals surface area contributed by atoms with Gasteiger partial charge in [0.1, 0.15) is 0 Å². The molecule has 1 aromatic carbocycles. The van der Waals surface area contributed by atoms with Gasteiger partial charge in [0.15, 0.2) is 5.11 Å². The molecule has 1 aliphatic heterocycles. The van der Waals surface area contributed by atoms with E-state index in [-0.39, 0.29) is 18.1 Å². The van der Waals surface area contributed by atoms with Crippen molar-refractivity contribution in [2.24, 2.45) is 5.92 Å². The molecule has 0 spiro atoms. The van der Waals surface area contributed by atoms with Crippen molar-refractivity contribution in [3.63, 3.8) is 0 Å². The van der Waals surface area contributed by atoms with Crippen molar-refractivity contribution in [2.75, 3.05) is 13.7 Å². The Labute approximate surface area is 200 Å². The van der Waals surface area contributed by atoms with Gasteiger partial charge in [0.05, 0.1) is 36.1 Å². The topological polar surface area (TPSA) is 59.4 Å². The third-order valence-corrected chi connectivity index (χ3v) is 6.45. The minimum Gasteiger partial charge on any atom is -0.465 e. The standard InChI is InChI=1S/C26H30N4O2S/c1-16(2)15-29-24(23(28-26(29)33)21-11-8-9-13-27-21)20-14-17(3)30(18(20)4)22-12-7-6-10-19(22)25(31)32-5/h6-14,16,23-24H,15H2,1-5H3,(H,28,33)/t23-,24-/m1/s1. The molecule has 0 unspecified atom stereocenters. The van der Waals surface area contributed by atoms with E-state index in [1.54, 1.807) is 6.07 Å². The number of methoxy groups -OCH3 is 1. The molecule has 1 N–H and O–H groups in total. The van der Waals surface area contributed by atoms with Gasteiger partial charge in [-0.15, -0.1) is 0 Å². The summed E-state index contributed by atoms with van der Waals surface area (Å²) in [5.41, 5.74) is 5.57. The van der Waals surface area contributed by atoms with Crippen molar-refractivity contribution >= 4 is 23.3 Å². The number of hydrogen-bond donors (Lipinski definition) is 1. The van der Waals surface area contributed by atoms with Gasteiger partial charge in [-0.3, -0.25) is 4.98 Å². The third kappa shape index (κ3) is 4.25. The quantitative estimate of drug-likeness (QED) is 0.415. The molecular weight excluding hydrogens is 432 g/mol. The number of aryl methyl sites for hydroxylation is 1. The monoisotopic (exact) mass is 462 g/mol. The molecule has 2 atom stereocenters. The maximum Gasteiger partial charge on any atom is 0.339 e. The van der Waals surface area contributed by atoms with Gasteiger partial charge in [0.2, 0.25) is 0 Å². The molecule has 0 aliphatic carbocycles. The molecule has 1 fully saturated rings. The number of rotatable bonds is 6. The van der Waals surface area contributed by atoms with Crippen LogP contribution in [-0.2, 0) is 4.74 Å². The van der Waals surface area contributed by atoms with Crippen LogP contribution in [0.15, 0.2) is 54.7 Å². The van der Waals surface area contributed by atoms with Crippen LogP contribution >= 0.6 is 12.2 Å². The predicted molar refractivity (Wildman–Crippen MR) is 134 cm³/mol. The molecule has 172 valence electrons. The zero-order chi connectivity index (χ0) is 23.7. The summed E-state index contributed by atoms with van der Waals surface area (Å²) in [6.07, 6.45) is 1.82. The van der Waals surface area contributed by atoms with Crippen LogP contribution in [0.3, 0.4) is 0 Å². The number of hydrogen-bond acceptors (Lipinski definition) is 4. The molecule has 0 saturated carbocycles. The summed E-state index contributed by atoms with van der Waals surface area (Å²) in [6, 6.07) is 15.6. The first-order valence-electron chi connectivity index (χ1n) is 11.2. The van der Waals surface area contributed by atoms with E-state index >= 15 is 0 Å². The number of para-hydroxylation sites is 1. The van der Waals surface area contributed by atoms with Crippen LogP contribution in [0.25, 0.3) is 5.69 Å². The molecule has 33 heavy (non-hydrogen) atoms. The average molecular weight is 463 g/mol. The van der Waals surface area contributed by atoms with Gasteiger partial charge in [-0.05, 0) is 67.9 Å². The fourth-order valence-electron chi connectivity index (χ4n) is 4.74. The molecule has 3 aromatic rings. The number of ether oxygens (including phenoxy) is 1. The van der Waals surface area contributed by atoms with Gasteiger partial charge < -0.3 is 19.5 Å². The lowest BCUT2D eigenvalue weighted by atomic mass is 9.96. The Balaban J connectivity index is 1.87. The molecule has 1 aliphatic rings. The largest absolute Gasteiger partial charge is 0.465 e. The molecule has 1 saturated heterocycles. The van der Waals surface area contributed by atoms with E-state index in [1.807, 2.05) is 42.6 Å². The highest BCUT2D eigenvalue weighted by molar-refractivity contribution is 7.80. The Morgan fingerprint density at radius 3 is 2.58 bits per heavy atom. The second-order valence-electron chi connectivity index (χ2n) is 8.84. The fraction of sp³-hybridized carbons (Fsp3) is 0.346. The van der Waals surface area contributed by atoms with E-state index in [2.05, 4.69) is 53.5 Å². The molecule has 0 amide bonds. The summed E-state index contributed by atoms with van der Waals surface area (Å²) in [7, 11) is 1.41. The van der Waals surface area contributed by atoms with E-state index in [1.165, 1.54) is 7.11 Å². The SMILES string of the molecule is COC(=O)c1ccccc1-n1c(C)cc([C@@H]2[C@@H](c3ccccn3)NC(=S)N2CC(C)C)c1C. The fourth-order valence-corrected chi connectivity index (χ4v) is 5.06. The summed E-state index contributed by atoms with van der Waals surface area (Å²) >= 11 is 5.78. The Morgan fingerprint density at radius 1 is 1.18 bits per heavy atom. The van der Waals surface area contributed by atoms with Crippen LogP contribution in [-0.4, -0.2) is 39.2 Å². The first-order chi connectivity index (χ1) is 15.8. The van der Waals surface area contributed by atoms with E-state index in [4.69, 9.17) is 17.0 Å². The Hall–Kier alpha value is -3.19. The first-order valence-corrected chi connectivity index (χ1v) is 11.6. The van der Waals surface area contributed by atoms with E-state index in [9.17, 15) is 4.79 Å². The van der Waals surface area contributed by atoms with Crippen molar-refractivity contribution in [2.45, 2.75) is 39.8 Å². The summed E-state index contributed by atoms with van der Waals surface area (Å²) in [5.74, 6) is 0.0921. The Kier molecular flexibility index (Phi) is 6.51. The highest BCUT2D eigenvalue weighted by Gasteiger charge is 2.41. The number of benzene rings is 1. The molecular formula is C26H30N4O2S. The van der Waals surface area contributed by atoms with Gasteiger partial charge in [-0.1, -0.05) is 32.0 Å². The molecule has 2 aromatic heterocycles. The Bertz CT molecular complexity index is 1170. The van der Waals surface area contributed by atoms with E-state index in [0.717, 1.165) is 40.0 Å². The van der Waals surface area contributed by atoms with Crippen molar-refractivity contribution in [1.82, 2.24) is 19.8 Å². The number of carbonyl (C=O) groups excluding carboxylic acids is 1. The lowest BCUT2D eigenvalue weighted by Gasteiger charge is -2.29. The minimum atomic E-state index is -0.351. The van der Waals surface area contributed by atoms with Crippen LogP contribution in [0.1, 0.15) is 58.9 Å². The molecule has 3 heterocycles. The summed E-state index contributed by atoms with van der Waals surface area (Å²) in [6.45, 7) is 9.39. The van der Waals surface area contributed by atoms with Crippen LogP contribution < -0.4 is 5.32 Å². The number of thiocarbonyl (C=S) groups is 1. The number of carbonyl (C=O) groups is 1. The van der Waals surface area contributed by atoms with Crippen LogP contribution in [0.2, 0.25) is 0 Å². The van der Waals surface area contributed by atoms with Crippen molar-refractivity contribution in [1.29, 1.82) is 0 Å². The van der Waals surface area contributed by atoms with Crippen LogP contribution in [0.4, 0.5) is 0 Å². The second kappa shape index (κ2) is 9.35. The average Bonchev–Trinajstić information content (AvgIpc) is 3.28. The van der Waals surface area contributed by atoms with Crippen molar-refractivity contribution in [3.8, 4) is 5.69 Å². The van der Waals surface area contributed by atoms with Gasteiger partial charge >= 0.3 is 5.97 Å². The lowest BCUT2D eigenvalue weighted by molar-refractivity contribution is 0.0600. The number of aromatic nitrogens is 2. The molecule has 6 nitrogen and oxygen atoms in total. The number of nitrogens with one attached hydrogen (secondary N) is 1. The first kappa shape index (κ1) is 23.0. The lowest BCUT2D eigenvalue weighted by Crippen LogP contribution is -2.33. The second-order valence-corrected chi connectivity index (χ2v) is 9.23. The number of esters is 1. The summed E-state index contributed by atoms with van der Waals surface area (Å²) in [4.78, 5) is 19.4. The van der Waals surface area contributed by atoms with Crippen LogP contribution in [0.5, 0.6) is 0 Å². The smallest absolute Gasteiger partial charge is 0.339 e. The van der Waals surface area contributed by atoms with Gasteiger partial charge in [0.25, 0.3) is 0 Å². The van der Waals surface area contributed by atoms with Crippen molar-refractivity contribution in [3.05, 3.63) is 82.9 Å². The maximum atomic E-state index is 12.5. The molecule has 0 radical (unpaired) electrons. The third-order valence-electron chi connectivity index (χ3n) is 6.10. The van der Waals surface area contributed by atoms with Gasteiger partial charge in [-0.25, -0.2) is 4.79 Å². The zero-order valence-corrected chi connectivity index (χ0v) is 20.5. The van der Waals surface area contributed by atoms with Crippen LogP contribution in [0, 0.1) is 19.8 Å². The highest BCUT2D eigenvalue weighted by atomic mass is 32.1.